The van der Waals surface area contributed by atoms with E-state index in [1.807, 2.05) is 42.5 Å². The molecular formula is C26H29F3N6O2. The summed E-state index contributed by atoms with van der Waals surface area (Å²) < 4.78 is 42.0. The maximum Gasteiger partial charge on any atom is 0.411 e. The summed E-state index contributed by atoms with van der Waals surface area (Å²) in [6, 6.07) is 13.2. The van der Waals surface area contributed by atoms with Gasteiger partial charge in [0, 0.05) is 11.4 Å². The van der Waals surface area contributed by atoms with Crippen LogP contribution in [0.2, 0.25) is 0 Å². The van der Waals surface area contributed by atoms with E-state index in [1.54, 1.807) is 6.20 Å². The molecule has 11 heteroatoms. The molecule has 196 valence electrons. The number of para-hydroxylation sites is 1. The summed E-state index contributed by atoms with van der Waals surface area (Å²) in [5.41, 5.74) is 2.49. The Morgan fingerprint density at radius 2 is 1.81 bits per heavy atom. The first-order valence-electron chi connectivity index (χ1n) is 12.4. The Balaban J connectivity index is 1.05. The van der Waals surface area contributed by atoms with Gasteiger partial charge in [-0.3, -0.25) is 9.78 Å². The number of aromatic nitrogens is 4. The first kappa shape index (κ1) is 25.2. The number of nitrogens with one attached hydrogen (secondary N) is 3. The highest BCUT2D eigenvalue weighted by molar-refractivity contribution is 6.01. The van der Waals surface area contributed by atoms with Crippen molar-refractivity contribution < 1.29 is 22.7 Å². The number of halogens is 3. The number of hydrogen-bond donors (Lipinski definition) is 3. The fourth-order valence-corrected chi connectivity index (χ4v) is 5.32. The number of pyridine rings is 1. The van der Waals surface area contributed by atoms with Crippen molar-refractivity contribution in [2.75, 3.05) is 17.2 Å². The third-order valence-electron chi connectivity index (χ3n) is 7.29. The van der Waals surface area contributed by atoms with Crippen LogP contribution in [0.15, 0.2) is 48.7 Å². The molecule has 2 aromatic heterocycles. The number of nitrogens with zero attached hydrogens (tertiary/aromatic N) is 3. The third kappa shape index (κ3) is 6.65. The molecule has 0 unspecified atom stereocenters. The number of alkyl halides is 3. The lowest BCUT2D eigenvalue weighted by Gasteiger charge is -2.51. The number of hydrogen-bond acceptors (Lipinski definition) is 6. The fraction of sp³-hybridized carbons (Fsp3) is 0.462. The lowest BCUT2D eigenvalue weighted by molar-refractivity contribution is -0.208. The van der Waals surface area contributed by atoms with Crippen LogP contribution in [0.3, 0.4) is 0 Å². The third-order valence-corrected chi connectivity index (χ3v) is 7.29. The van der Waals surface area contributed by atoms with Gasteiger partial charge in [0.1, 0.15) is 6.61 Å². The van der Waals surface area contributed by atoms with Crippen molar-refractivity contribution >= 4 is 23.2 Å². The summed E-state index contributed by atoms with van der Waals surface area (Å²) in [6.07, 6.45) is 3.55. The highest BCUT2D eigenvalue weighted by atomic mass is 19.4. The smallest absolute Gasteiger partial charge is 0.369 e. The zero-order valence-corrected chi connectivity index (χ0v) is 20.2. The summed E-state index contributed by atoms with van der Waals surface area (Å²) in [4.78, 5) is 19.9. The van der Waals surface area contributed by atoms with E-state index in [4.69, 9.17) is 4.74 Å². The lowest BCUT2D eigenvalue weighted by atomic mass is 9.57. The van der Waals surface area contributed by atoms with E-state index < -0.39 is 18.7 Å². The van der Waals surface area contributed by atoms with Crippen molar-refractivity contribution in [3.05, 3.63) is 60.2 Å². The minimum atomic E-state index is -4.26. The molecule has 2 saturated carbocycles. The second kappa shape index (κ2) is 10.5. The molecule has 8 nitrogen and oxygen atoms in total. The number of H-pyrrole nitrogens is 1. The minimum Gasteiger partial charge on any atom is -0.369 e. The molecule has 2 aliphatic rings. The molecule has 1 spiro atoms. The van der Waals surface area contributed by atoms with Gasteiger partial charge in [0.2, 0.25) is 11.8 Å². The zero-order valence-electron chi connectivity index (χ0n) is 20.2. The molecule has 0 aliphatic heterocycles. The van der Waals surface area contributed by atoms with Gasteiger partial charge in [-0.05, 0) is 80.5 Å². The van der Waals surface area contributed by atoms with Gasteiger partial charge in [-0.2, -0.15) is 13.2 Å². The summed E-state index contributed by atoms with van der Waals surface area (Å²) >= 11 is 0. The van der Waals surface area contributed by atoms with Crippen LogP contribution in [0, 0.1) is 11.3 Å². The highest BCUT2D eigenvalue weighted by Gasteiger charge is 2.47. The van der Waals surface area contributed by atoms with Gasteiger partial charge in [-0.15, -0.1) is 10.2 Å². The normalized spacial score (nSPS) is 23.4. The van der Waals surface area contributed by atoms with Crippen molar-refractivity contribution in [1.29, 1.82) is 0 Å². The number of anilines is 3. The summed E-state index contributed by atoms with van der Waals surface area (Å²) in [5, 5.41) is 13.7. The van der Waals surface area contributed by atoms with Gasteiger partial charge in [0.05, 0.1) is 18.0 Å². The quantitative estimate of drug-likeness (QED) is 0.359. The first-order valence-corrected chi connectivity index (χ1v) is 12.4. The minimum absolute atomic E-state index is 0.0840. The maximum absolute atomic E-state index is 12.5. The number of ether oxygens (including phenoxy) is 1. The molecule has 3 N–H and O–H groups in total. The van der Waals surface area contributed by atoms with E-state index >= 15 is 0 Å². The van der Waals surface area contributed by atoms with Crippen LogP contribution in [-0.2, 0) is 11.2 Å². The van der Waals surface area contributed by atoms with Crippen molar-refractivity contribution in [2.24, 2.45) is 11.3 Å². The van der Waals surface area contributed by atoms with Gasteiger partial charge < -0.3 is 20.4 Å². The predicted octanol–water partition coefficient (Wildman–Crippen LogP) is 5.66. The molecule has 0 bridgehead atoms. The first-order chi connectivity index (χ1) is 17.8. The van der Waals surface area contributed by atoms with E-state index in [1.165, 1.54) is 0 Å². The molecule has 2 heterocycles. The van der Waals surface area contributed by atoms with Crippen molar-refractivity contribution in [3.8, 4) is 0 Å². The van der Waals surface area contributed by atoms with Crippen LogP contribution in [0.4, 0.5) is 30.5 Å². The van der Waals surface area contributed by atoms with Gasteiger partial charge in [-0.25, -0.2) is 0 Å². The largest absolute Gasteiger partial charge is 0.411 e. The average Bonchev–Trinajstić information content (AvgIpc) is 3.32. The van der Waals surface area contributed by atoms with Crippen LogP contribution in [0.1, 0.15) is 54.8 Å². The number of rotatable bonds is 8. The van der Waals surface area contributed by atoms with E-state index in [2.05, 4.69) is 30.8 Å². The maximum atomic E-state index is 12.5. The molecule has 1 amide bonds. The van der Waals surface area contributed by atoms with E-state index in [9.17, 15) is 18.0 Å². The second-order valence-electron chi connectivity index (χ2n) is 10.1. The molecule has 0 atom stereocenters. The lowest BCUT2D eigenvalue weighted by Crippen LogP contribution is -2.45. The fourth-order valence-electron chi connectivity index (χ4n) is 5.32. The van der Waals surface area contributed by atoms with Crippen molar-refractivity contribution in [3.63, 3.8) is 0 Å². The molecule has 0 radical (unpaired) electrons. The van der Waals surface area contributed by atoms with Crippen LogP contribution in [-0.4, -0.2) is 45.0 Å². The Bertz CT molecular complexity index is 1180. The average molecular weight is 515 g/mol. The standard InChI is InChI=1S/C26H29F3N6O2/c27-26(28,29)16-37-21-13-25(14-21)10-8-17(9-11-25)12-19-6-7-20(15-30-19)31-23(36)22-33-24(35-34-22)32-18-4-2-1-3-5-18/h1-7,15,17,21H,8-14,16H2,(H,31,36)(H2,32,33,34,35). The van der Waals surface area contributed by atoms with E-state index in [-0.39, 0.29) is 17.3 Å². The van der Waals surface area contributed by atoms with Gasteiger partial charge >= 0.3 is 6.18 Å². The summed E-state index contributed by atoms with van der Waals surface area (Å²) in [7, 11) is 0. The number of carbonyl (C=O) groups is 1. The van der Waals surface area contributed by atoms with Crippen LogP contribution in [0.25, 0.3) is 0 Å². The molecule has 0 saturated heterocycles. The van der Waals surface area contributed by atoms with Gasteiger partial charge in [0.25, 0.3) is 5.91 Å². The predicted molar refractivity (Wildman–Crippen MR) is 131 cm³/mol. The molecule has 1 aromatic carbocycles. The van der Waals surface area contributed by atoms with Crippen LogP contribution in [0.5, 0.6) is 0 Å². The Kier molecular flexibility index (Phi) is 7.14. The summed E-state index contributed by atoms with van der Waals surface area (Å²) in [5.74, 6) is 0.531. The number of carbonyl (C=O) groups excluding carboxylic acids is 1. The Morgan fingerprint density at radius 3 is 2.49 bits per heavy atom. The monoisotopic (exact) mass is 514 g/mol. The van der Waals surface area contributed by atoms with Crippen LogP contribution < -0.4 is 10.6 Å². The zero-order chi connectivity index (χ0) is 25.9. The van der Waals surface area contributed by atoms with Crippen molar-refractivity contribution in [1.82, 2.24) is 20.2 Å². The number of aromatic amines is 1. The number of benzene rings is 1. The van der Waals surface area contributed by atoms with Gasteiger partial charge in [0.15, 0.2) is 0 Å². The van der Waals surface area contributed by atoms with E-state index in [0.29, 0.717) is 17.6 Å². The molecule has 2 fully saturated rings. The number of amides is 1. The van der Waals surface area contributed by atoms with Crippen LogP contribution >= 0.6 is 0 Å². The summed E-state index contributed by atoms with van der Waals surface area (Å²) in [6.45, 7) is -1.15. The Hall–Kier alpha value is -3.47. The van der Waals surface area contributed by atoms with Gasteiger partial charge in [-0.1, -0.05) is 18.2 Å². The highest BCUT2D eigenvalue weighted by Crippen LogP contribution is 2.54. The molecular weight excluding hydrogens is 485 g/mol. The molecule has 5 rings (SSSR count). The molecule has 37 heavy (non-hydrogen) atoms. The molecule has 2 aliphatic carbocycles. The topological polar surface area (TPSA) is 105 Å². The van der Waals surface area contributed by atoms with E-state index in [0.717, 1.165) is 56.3 Å². The SMILES string of the molecule is O=C(Nc1ccc(CC2CCC3(CC2)CC(OCC(F)(F)F)C3)nc1)c1nnc(Nc2ccccc2)[nH]1. The Morgan fingerprint density at radius 1 is 1.05 bits per heavy atom. The van der Waals surface area contributed by atoms with Crippen molar-refractivity contribution in [2.45, 2.75) is 57.2 Å². The molecule has 3 aromatic rings. The Labute approximate surface area is 212 Å². The second-order valence-corrected chi connectivity index (χ2v) is 10.1.